The number of carbonyl (C=O) groups excluding carboxylic acids is 2. The Hall–Kier alpha value is -2.74. The monoisotopic (exact) mass is 677 g/mol. The van der Waals surface area contributed by atoms with Crippen molar-refractivity contribution in [2.45, 2.75) is 134 Å². The van der Waals surface area contributed by atoms with E-state index in [-0.39, 0.29) is 24.0 Å². The number of aryl methyl sites for hydroxylation is 1. The summed E-state index contributed by atoms with van der Waals surface area (Å²) < 4.78 is 0. The summed E-state index contributed by atoms with van der Waals surface area (Å²) in [5.74, 6) is 0.922. The Bertz CT molecular complexity index is 943. The normalized spacial score (nSPS) is 12.2. The van der Waals surface area contributed by atoms with Crippen molar-refractivity contribution in [1.82, 2.24) is 16.2 Å². The smallest absolute Gasteiger partial charge is 0.135 e. The predicted molar refractivity (Wildman–Crippen MR) is 214 cm³/mol. The molecule has 1 aromatic carbocycles. The molecule has 0 aromatic heterocycles. The first-order valence-electron chi connectivity index (χ1n) is 17.7. The van der Waals surface area contributed by atoms with Crippen molar-refractivity contribution >= 4 is 12.1 Å². The van der Waals surface area contributed by atoms with E-state index in [1.54, 1.807) is 13.0 Å². The van der Waals surface area contributed by atoms with Gasteiger partial charge in [0.05, 0.1) is 0 Å². The van der Waals surface area contributed by atoms with Crippen LogP contribution in [0.1, 0.15) is 134 Å². The number of hydrogen-bond acceptors (Lipinski definition) is 7. The van der Waals surface area contributed by atoms with Gasteiger partial charge in [-0.3, -0.25) is 4.79 Å². The van der Waals surface area contributed by atoms with Crippen molar-refractivity contribution in [2.75, 3.05) is 27.2 Å². The number of aldehydes is 1. The number of unbranched alkanes of at least 4 members (excludes halogenated alkanes) is 1. The minimum Gasteiger partial charge on any atom is -0.508 e. The number of hydrazine groups is 1. The summed E-state index contributed by atoms with van der Waals surface area (Å²) in [6.45, 7) is 26.7. The molecule has 6 N–H and O–H groups in total. The molecule has 282 valence electrons. The standard InChI is InChI=1S/C18H37N3O.C9H12O.C9H16.C3H6O.CH5N.CH4/c1-9-18(7,13-14(2)17(5,6)16(4)22)15(3)21-20-12-10-11-19-8;1-2-4-8-5-3-6-9(10)7-8;1-3-5-7-9-8-6-4-2;1-2-3-4;1-2;/h14,19-21H,3,9-13H2,1-2,4-8H3;3,5-7,10H,2,4H2,1H3;5,7-9H,3-4,6H2,1-2H3;3H,2H2,1H3;2H2,1H3;1H4/b;;7-5-,9-8-;;;. The molecule has 0 amide bonds. The van der Waals surface area contributed by atoms with Gasteiger partial charge >= 0.3 is 0 Å². The fourth-order valence-corrected chi connectivity index (χ4v) is 3.99. The van der Waals surface area contributed by atoms with Crippen LogP contribution in [-0.4, -0.2) is 44.4 Å². The lowest BCUT2D eigenvalue weighted by Crippen LogP contribution is -2.41. The van der Waals surface area contributed by atoms with E-state index in [1.165, 1.54) is 25.5 Å². The Labute approximate surface area is 298 Å². The van der Waals surface area contributed by atoms with Crippen molar-refractivity contribution in [2.24, 2.45) is 22.5 Å². The number of nitrogens with two attached hydrogens (primary N) is 1. The zero-order chi connectivity index (χ0) is 37.2. The highest BCUT2D eigenvalue weighted by Crippen LogP contribution is 2.41. The highest BCUT2D eigenvalue weighted by atomic mass is 16.3. The third kappa shape index (κ3) is 30.6. The zero-order valence-corrected chi connectivity index (χ0v) is 32.6. The summed E-state index contributed by atoms with van der Waals surface area (Å²) in [5, 5.41) is 12.2. The van der Waals surface area contributed by atoms with Gasteiger partial charge in [0.25, 0.3) is 0 Å². The minimum atomic E-state index is -0.295. The Kier molecular flexibility index (Phi) is 42.3. The number of allylic oxidation sites excluding steroid dienone is 5. The molecule has 2 unspecified atom stereocenters. The molecular formula is C41H80N4O3. The summed E-state index contributed by atoms with van der Waals surface area (Å²) >= 11 is 0. The minimum absolute atomic E-state index is 0. The predicted octanol–water partition coefficient (Wildman–Crippen LogP) is 9.72. The topological polar surface area (TPSA) is 116 Å². The van der Waals surface area contributed by atoms with Crippen LogP contribution in [-0.2, 0) is 16.0 Å². The number of aromatic hydroxyl groups is 1. The Morgan fingerprint density at radius 3 is 2.02 bits per heavy atom. The van der Waals surface area contributed by atoms with E-state index in [2.05, 4.69) is 94.3 Å². The highest BCUT2D eigenvalue weighted by Gasteiger charge is 2.37. The van der Waals surface area contributed by atoms with E-state index in [9.17, 15) is 9.59 Å². The zero-order valence-electron chi connectivity index (χ0n) is 32.6. The summed E-state index contributed by atoms with van der Waals surface area (Å²) in [6, 6.07) is 7.41. The lowest BCUT2D eigenvalue weighted by Gasteiger charge is -2.39. The number of ketones is 1. The molecule has 0 saturated heterocycles. The van der Waals surface area contributed by atoms with Crippen molar-refractivity contribution in [1.29, 1.82) is 0 Å². The van der Waals surface area contributed by atoms with Crippen LogP contribution in [0.25, 0.3) is 0 Å². The Morgan fingerprint density at radius 1 is 1.00 bits per heavy atom. The van der Waals surface area contributed by atoms with Gasteiger partial charge in [-0.1, -0.05) is 126 Å². The van der Waals surface area contributed by atoms with Gasteiger partial charge in [-0.05, 0) is 89.7 Å². The molecule has 0 heterocycles. The van der Waals surface area contributed by atoms with E-state index in [1.807, 2.05) is 46.0 Å². The number of phenolic OH excluding ortho intramolecular Hbond substituents is 1. The van der Waals surface area contributed by atoms with Crippen LogP contribution in [0.3, 0.4) is 0 Å². The van der Waals surface area contributed by atoms with Gasteiger partial charge in [0.1, 0.15) is 17.8 Å². The van der Waals surface area contributed by atoms with E-state index < -0.39 is 0 Å². The second-order valence-electron chi connectivity index (χ2n) is 12.3. The summed E-state index contributed by atoms with van der Waals surface area (Å²) in [7, 11) is 3.46. The van der Waals surface area contributed by atoms with Gasteiger partial charge < -0.3 is 26.4 Å². The van der Waals surface area contributed by atoms with Crippen molar-refractivity contribution < 1.29 is 14.7 Å². The van der Waals surface area contributed by atoms with E-state index in [4.69, 9.17) is 5.11 Å². The molecule has 0 aliphatic rings. The second kappa shape index (κ2) is 37.1. The van der Waals surface area contributed by atoms with Crippen molar-refractivity contribution in [3.05, 3.63) is 66.4 Å². The van der Waals surface area contributed by atoms with E-state index >= 15 is 0 Å². The molecule has 48 heavy (non-hydrogen) atoms. The number of nitrogens with one attached hydrogen (secondary N) is 3. The van der Waals surface area contributed by atoms with Crippen LogP contribution in [0.4, 0.5) is 0 Å². The van der Waals surface area contributed by atoms with Crippen LogP contribution in [0.15, 0.2) is 60.8 Å². The SMILES string of the molecule is C.C=C(NNCCCNC)C(C)(CC)CC(C)C(C)(C)C(C)=O.CC/C=C\C=C/CCC.CCC=O.CCCc1cccc(O)c1.CN. The summed E-state index contributed by atoms with van der Waals surface area (Å²) in [4.78, 5) is 21.0. The average Bonchev–Trinajstić information content (AvgIpc) is 3.06. The van der Waals surface area contributed by atoms with Crippen LogP contribution >= 0.6 is 0 Å². The van der Waals surface area contributed by atoms with Gasteiger partial charge in [0.2, 0.25) is 0 Å². The van der Waals surface area contributed by atoms with Crippen molar-refractivity contribution in [3.8, 4) is 5.75 Å². The fraction of sp³-hybridized carbons (Fsp3) is 0.659. The number of Topliss-reactive ketones (excluding diaryl/α,β-unsaturated/α-hetero) is 1. The van der Waals surface area contributed by atoms with Crippen LogP contribution in [0.5, 0.6) is 5.75 Å². The molecule has 0 aliphatic carbocycles. The maximum atomic E-state index is 11.9. The number of hydrogen-bond donors (Lipinski definition) is 5. The third-order valence-electron chi connectivity index (χ3n) is 8.06. The molecule has 2 atom stereocenters. The number of rotatable bonds is 19. The first-order chi connectivity index (χ1) is 22.3. The molecule has 0 spiro atoms. The van der Waals surface area contributed by atoms with Crippen LogP contribution in [0, 0.1) is 16.7 Å². The molecule has 1 rings (SSSR count). The quantitative estimate of drug-likeness (QED) is 0.0429. The fourth-order valence-electron chi connectivity index (χ4n) is 3.99. The molecule has 0 radical (unpaired) electrons. The number of phenols is 1. The van der Waals surface area contributed by atoms with Gasteiger partial charge in [-0.15, -0.1) is 0 Å². The Morgan fingerprint density at radius 2 is 1.58 bits per heavy atom. The van der Waals surface area contributed by atoms with Crippen LogP contribution < -0.4 is 21.9 Å². The molecule has 1 aromatic rings. The molecule has 7 heteroatoms. The molecule has 7 nitrogen and oxygen atoms in total. The summed E-state index contributed by atoms with van der Waals surface area (Å²) in [6.07, 6.45) is 18.9. The molecule has 0 saturated carbocycles. The number of carbonyl (C=O) groups is 2. The molecular weight excluding hydrogens is 596 g/mol. The lowest BCUT2D eigenvalue weighted by molar-refractivity contribution is -0.127. The maximum absolute atomic E-state index is 11.9. The molecule has 0 aliphatic heterocycles. The second-order valence-corrected chi connectivity index (χ2v) is 12.3. The maximum Gasteiger partial charge on any atom is 0.135 e. The average molecular weight is 677 g/mol. The van der Waals surface area contributed by atoms with Crippen LogP contribution in [0.2, 0.25) is 0 Å². The van der Waals surface area contributed by atoms with Gasteiger partial charge in [0, 0.05) is 29.5 Å². The summed E-state index contributed by atoms with van der Waals surface area (Å²) in [5.41, 5.74) is 12.9. The highest BCUT2D eigenvalue weighted by molar-refractivity contribution is 5.81. The first kappa shape index (κ1) is 54.7. The lowest BCUT2D eigenvalue weighted by atomic mass is 9.67. The van der Waals surface area contributed by atoms with Gasteiger partial charge in [0.15, 0.2) is 0 Å². The third-order valence-corrected chi connectivity index (χ3v) is 8.06. The Balaban J connectivity index is -0.000000196. The van der Waals surface area contributed by atoms with Gasteiger partial charge in [-0.25, -0.2) is 5.43 Å². The van der Waals surface area contributed by atoms with Crippen molar-refractivity contribution in [3.63, 3.8) is 0 Å². The molecule has 0 fully saturated rings. The molecule has 0 bridgehead atoms. The van der Waals surface area contributed by atoms with Gasteiger partial charge in [-0.2, -0.15) is 0 Å². The largest absolute Gasteiger partial charge is 0.508 e. The number of benzene rings is 1. The van der Waals surface area contributed by atoms with E-state index in [0.717, 1.165) is 63.6 Å². The first-order valence-corrected chi connectivity index (χ1v) is 17.7. The van der Waals surface area contributed by atoms with E-state index in [0.29, 0.717) is 18.1 Å².